The molecule has 19 heavy (non-hydrogen) atoms. The number of nitrogens with one attached hydrogen (secondary N) is 1. The van der Waals surface area contributed by atoms with Gasteiger partial charge in [-0.1, -0.05) is 43.7 Å². The minimum absolute atomic E-state index is 0.148. The first-order valence-electron chi connectivity index (χ1n) is 7.17. The maximum Gasteiger partial charge on any atom is 0.230 e. The number of hydrogen-bond acceptors (Lipinski definition) is 2. The number of carbonyl (C=O) groups excluding carboxylic acids is 1. The van der Waals surface area contributed by atoms with Crippen LogP contribution in [0.5, 0.6) is 0 Å². The highest BCUT2D eigenvalue weighted by atomic mass is 16.3. The van der Waals surface area contributed by atoms with Gasteiger partial charge in [0.15, 0.2) is 0 Å². The Morgan fingerprint density at radius 1 is 1.37 bits per heavy atom. The summed E-state index contributed by atoms with van der Waals surface area (Å²) < 4.78 is 0. The molecule has 1 aromatic rings. The predicted molar refractivity (Wildman–Crippen MR) is 75.8 cm³/mol. The number of hydrogen-bond donors (Lipinski definition) is 2. The molecular formula is C16H23NO2. The van der Waals surface area contributed by atoms with Gasteiger partial charge in [0.1, 0.15) is 0 Å². The molecule has 1 aliphatic rings. The second-order valence-electron chi connectivity index (χ2n) is 5.44. The molecule has 1 aliphatic carbocycles. The number of benzene rings is 1. The van der Waals surface area contributed by atoms with E-state index in [4.69, 9.17) is 5.11 Å². The summed E-state index contributed by atoms with van der Waals surface area (Å²) >= 11 is 0. The Hall–Kier alpha value is -1.35. The van der Waals surface area contributed by atoms with Crippen LogP contribution in [0.4, 0.5) is 0 Å². The standard InChI is InChI=1S/C16H23NO2/c1-2-13(8-11-18)12-17-15(19)16(9-10-16)14-6-4-3-5-7-14/h3-7,13,18H,2,8-12H2,1H3,(H,17,19). The van der Waals surface area contributed by atoms with Gasteiger partial charge in [0, 0.05) is 13.2 Å². The van der Waals surface area contributed by atoms with E-state index in [1.165, 1.54) is 0 Å². The average Bonchev–Trinajstić information content (AvgIpc) is 3.26. The Labute approximate surface area is 115 Å². The van der Waals surface area contributed by atoms with Gasteiger partial charge in [-0.2, -0.15) is 0 Å². The molecule has 1 unspecified atom stereocenters. The van der Waals surface area contributed by atoms with Gasteiger partial charge in [0.25, 0.3) is 0 Å². The van der Waals surface area contributed by atoms with Gasteiger partial charge in [-0.05, 0) is 30.7 Å². The number of aliphatic hydroxyl groups excluding tert-OH is 1. The Bertz CT molecular complexity index is 412. The summed E-state index contributed by atoms with van der Waals surface area (Å²) in [6, 6.07) is 10.0. The summed E-state index contributed by atoms with van der Waals surface area (Å²) in [5.41, 5.74) is 0.849. The van der Waals surface area contributed by atoms with Crippen molar-refractivity contribution in [2.45, 2.75) is 38.0 Å². The zero-order valence-electron chi connectivity index (χ0n) is 11.6. The van der Waals surface area contributed by atoms with Crippen LogP contribution in [0.1, 0.15) is 38.2 Å². The molecule has 2 rings (SSSR count). The maximum atomic E-state index is 12.4. The fraction of sp³-hybridized carbons (Fsp3) is 0.562. The summed E-state index contributed by atoms with van der Waals surface area (Å²) in [5, 5.41) is 12.0. The number of carbonyl (C=O) groups is 1. The summed E-state index contributed by atoms with van der Waals surface area (Å²) in [4.78, 5) is 12.4. The van der Waals surface area contributed by atoms with Gasteiger partial charge >= 0.3 is 0 Å². The Kier molecular flexibility index (Phi) is 4.59. The Morgan fingerprint density at radius 3 is 2.58 bits per heavy atom. The summed E-state index contributed by atoms with van der Waals surface area (Å²) in [7, 11) is 0. The van der Waals surface area contributed by atoms with E-state index < -0.39 is 0 Å². The van der Waals surface area contributed by atoms with Crippen LogP contribution in [0.2, 0.25) is 0 Å². The zero-order valence-corrected chi connectivity index (χ0v) is 11.6. The normalized spacial score (nSPS) is 17.8. The van der Waals surface area contributed by atoms with E-state index in [0.717, 1.165) is 31.2 Å². The van der Waals surface area contributed by atoms with Crippen LogP contribution < -0.4 is 5.32 Å². The Balaban J connectivity index is 1.93. The summed E-state index contributed by atoms with van der Waals surface area (Å²) in [6.45, 7) is 2.96. The number of aliphatic hydroxyl groups is 1. The molecule has 0 heterocycles. The summed E-state index contributed by atoms with van der Waals surface area (Å²) in [5.74, 6) is 0.524. The van der Waals surface area contributed by atoms with E-state index in [1.807, 2.05) is 30.3 Å². The van der Waals surface area contributed by atoms with E-state index in [2.05, 4.69) is 12.2 Å². The summed E-state index contributed by atoms with van der Waals surface area (Å²) in [6.07, 6.45) is 3.63. The molecule has 1 aromatic carbocycles. The van der Waals surface area contributed by atoms with Gasteiger partial charge in [0.05, 0.1) is 5.41 Å². The molecule has 0 bridgehead atoms. The highest BCUT2D eigenvalue weighted by Gasteiger charge is 2.50. The van der Waals surface area contributed by atoms with E-state index in [0.29, 0.717) is 12.5 Å². The van der Waals surface area contributed by atoms with E-state index in [-0.39, 0.29) is 17.9 Å². The quantitative estimate of drug-likeness (QED) is 0.791. The van der Waals surface area contributed by atoms with Crippen molar-refractivity contribution in [3.8, 4) is 0 Å². The van der Waals surface area contributed by atoms with Gasteiger partial charge < -0.3 is 10.4 Å². The van der Waals surface area contributed by atoms with E-state index in [1.54, 1.807) is 0 Å². The molecule has 2 N–H and O–H groups in total. The van der Waals surface area contributed by atoms with Crippen molar-refractivity contribution in [3.63, 3.8) is 0 Å². The second-order valence-corrected chi connectivity index (χ2v) is 5.44. The third kappa shape index (κ3) is 3.16. The molecule has 1 saturated carbocycles. The van der Waals surface area contributed by atoms with Crippen molar-refractivity contribution in [1.29, 1.82) is 0 Å². The van der Waals surface area contributed by atoms with Crippen molar-refractivity contribution >= 4 is 5.91 Å². The number of rotatable bonds is 7. The molecule has 3 heteroatoms. The lowest BCUT2D eigenvalue weighted by atomic mass is 9.94. The van der Waals surface area contributed by atoms with Crippen molar-refractivity contribution in [2.75, 3.05) is 13.2 Å². The third-order valence-corrected chi connectivity index (χ3v) is 4.18. The minimum atomic E-state index is -0.279. The molecular weight excluding hydrogens is 238 g/mol. The molecule has 0 radical (unpaired) electrons. The first kappa shape index (κ1) is 14.1. The van der Waals surface area contributed by atoms with Crippen LogP contribution in [0.3, 0.4) is 0 Å². The van der Waals surface area contributed by atoms with E-state index >= 15 is 0 Å². The van der Waals surface area contributed by atoms with Crippen molar-refractivity contribution in [1.82, 2.24) is 5.32 Å². The van der Waals surface area contributed by atoms with Crippen LogP contribution >= 0.6 is 0 Å². The lowest BCUT2D eigenvalue weighted by molar-refractivity contribution is -0.123. The molecule has 104 valence electrons. The minimum Gasteiger partial charge on any atom is -0.396 e. The van der Waals surface area contributed by atoms with Crippen LogP contribution in [-0.4, -0.2) is 24.2 Å². The smallest absolute Gasteiger partial charge is 0.230 e. The lowest BCUT2D eigenvalue weighted by Crippen LogP contribution is -2.37. The first-order valence-corrected chi connectivity index (χ1v) is 7.17. The molecule has 0 spiro atoms. The largest absolute Gasteiger partial charge is 0.396 e. The van der Waals surface area contributed by atoms with Crippen molar-refractivity contribution in [3.05, 3.63) is 35.9 Å². The zero-order chi connectivity index (χ0) is 13.7. The fourth-order valence-corrected chi connectivity index (χ4v) is 2.57. The SMILES string of the molecule is CCC(CCO)CNC(=O)C1(c2ccccc2)CC1. The van der Waals surface area contributed by atoms with Crippen LogP contribution in [0, 0.1) is 5.92 Å². The maximum absolute atomic E-state index is 12.4. The van der Waals surface area contributed by atoms with Crippen molar-refractivity contribution < 1.29 is 9.90 Å². The Morgan fingerprint density at radius 2 is 2.05 bits per heavy atom. The van der Waals surface area contributed by atoms with Gasteiger partial charge in [-0.25, -0.2) is 0 Å². The monoisotopic (exact) mass is 261 g/mol. The highest BCUT2D eigenvalue weighted by Crippen LogP contribution is 2.48. The topological polar surface area (TPSA) is 49.3 Å². The predicted octanol–water partition coefficient (Wildman–Crippen LogP) is 2.24. The molecule has 1 amide bonds. The first-order chi connectivity index (χ1) is 9.23. The molecule has 1 fully saturated rings. The van der Waals surface area contributed by atoms with Crippen LogP contribution in [-0.2, 0) is 10.2 Å². The van der Waals surface area contributed by atoms with Gasteiger partial charge in [-0.3, -0.25) is 4.79 Å². The van der Waals surface area contributed by atoms with Gasteiger partial charge in [0.2, 0.25) is 5.91 Å². The molecule has 3 nitrogen and oxygen atoms in total. The lowest BCUT2D eigenvalue weighted by Gasteiger charge is -2.19. The number of amides is 1. The van der Waals surface area contributed by atoms with E-state index in [9.17, 15) is 4.79 Å². The fourth-order valence-electron chi connectivity index (χ4n) is 2.57. The van der Waals surface area contributed by atoms with Crippen LogP contribution in [0.25, 0.3) is 0 Å². The molecule has 0 saturated heterocycles. The van der Waals surface area contributed by atoms with Crippen LogP contribution in [0.15, 0.2) is 30.3 Å². The van der Waals surface area contributed by atoms with Gasteiger partial charge in [-0.15, -0.1) is 0 Å². The molecule has 0 aliphatic heterocycles. The molecule has 1 atom stereocenters. The second kappa shape index (κ2) is 6.20. The third-order valence-electron chi connectivity index (χ3n) is 4.18. The molecule has 0 aromatic heterocycles. The average molecular weight is 261 g/mol. The highest BCUT2D eigenvalue weighted by molar-refractivity contribution is 5.91. The van der Waals surface area contributed by atoms with Crippen molar-refractivity contribution in [2.24, 2.45) is 5.92 Å².